The van der Waals surface area contributed by atoms with Gasteiger partial charge in [0.25, 0.3) is 0 Å². The minimum Gasteiger partial charge on any atom is -0.304 e. The first-order valence-corrected chi connectivity index (χ1v) is 7.69. The number of nitrogens with one attached hydrogen (secondary N) is 1. The Morgan fingerprint density at radius 3 is 2.16 bits per heavy atom. The van der Waals surface area contributed by atoms with Crippen LogP contribution in [0.2, 0.25) is 0 Å². The standard InChI is InChI=1S/C17H23NS/c1-11-8-6-7-9-16(11)13(3)18-14(4)17-10-12(2)19-15(17)5/h6-10,13-14,18H,1-5H3/t13-,14?/m0/s1. The van der Waals surface area contributed by atoms with Gasteiger partial charge >= 0.3 is 0 Å². The first kappa shape index (κ1) is 14.3. The van der Waals surface area contributed by atoms with E-state index in [2.05, 4.69) is 70.3 Å². The molecule has 0 saturated heterocycles. The molecule has 0 aliphatic heterocycles. The highest BCUT2D eigenvalue weighted by Gasteiger charge is 2.15. The maximum Gasteiger partial charge on any atom is 0.0308 e. The van der Waals surface area contributed by atoms with Crippen molar-refractivity contribution < 1.29 is 0 Å². The molecule has 0 spiro atoms. The van der Waals surface area contributed by atoms with E-state index in [0.717, 1.165) is 0 Å². The molecule has 0 saturated carbocycles. The summed E-state index contributed by atoms with van der Waals surface area (Å²) in [5, 5.41) is 3.71. The zero-order chi connectivity index (χ0) is 14.0. The van der Waals surface area contributed by atoms with E-state index in [4.69, 9.17) is 0 Å². The lowest BCUT2D eigenvalue weighted by Gasteiger charge is -2.22. The molecule has 2 aromatic rings. The minimum atomic E-state index is 0.371. The third-order valence-corrected chi connectivity index (χ3v) is 4.68. The van der Waals surface area contributed by atoms with E-state index in [1.165, 1.54) is 26.4 Å². The van der Waals surface area contributed by atoms with Gasteiger partial charge in [-0.1, -0.05) is 24.3 Å². The molecule has 19 heavy (non-hydrogen) atoms. The van der Waals surface area contributed by atoms with Crippen molar-refractivity contribution in [2.24, 2.45) is 0 Å². The zero-order valence-corrected chi connectivity index (χ0v) is 13.3. The number of rotatable bonds is 4. The molecule has 1 aromatic heterocycles. The fourth-order valence-electron chi connectivity index (χ4n) is 2.71. The molecule has 1 N–H and O–H groups in total. The van der Waals surface area contributed by atoms with E-state index in [-0.39, 0.29) is 0 Å². The molecule has 2 rings (SSSR count). The van der Waals surface area contributed by atoms with E-state index >= 15 is 0 Å². The summed E-state index contributed by atoms with van der Waals surface area (Å²) >= 11 is 1.88. The van der Waals surface area contributed by atoms with Crippen LogP contribution >= 0.6 is 11.3 Å². The van der Waals surface area contributed by atoms with E-state index in [0.29, 0.717) is 12.1 Å². The predicted molar refractivity (Wildman–Crippen MR) is 84.9 cm³/mol. The molecule has 2 heteroatoms. The Hall–Kier alpha value is -1.12. The lowest BCUT2D eigenvalue weighted by molar-refractivity contribution is 0.493. The lowest BCUT2D eigenvalue weighted by Crippen LogP contribution is -2.23. The molecule has 0 aliphatic carbocycles. The van der Waals surface area contributed by atoms with Gasteiger partial charge in [-0.25, -0.2) is 0 Å². The van der Waals surface area contributed by atoms with Crippen LogP contribution in [0, 0.1) is 20.8 Å². The zero-order valence-electron chi connectivity index (χ0n) is 12.4. The van der Waals surface area contributed by atoms with Crippen molar-refractivity contribution in [1.29, 1.82) is 0 Å². The predicted octanol–water partition coefficient (Wildman–Crippen LogP) is 5.09. The largest absolute Gasteiger partial charge is 0.304 e. The molecule has 1 nitrogen and oxygen atoms in total. The van der Waals surface area contributed by atoms with Crippen LogP contribution in [0.1, 0.15) is 52.4 Å². The molecule has 0 aliphatic rings. The third kappa shape index (κ3) is 3.26. The summed E-state index contributed by atoms with van der Waals surface area (Å²) in [5.41, 5.74) is 4.18. The van der Waals surface area contributed by atoms with Gasteiger partial charge < -0.3 is 5.32 Å². The number of hydrogen-bond acceptors (Lipinski definition) is 2. The molecule has 102 valence electrons. The minimum absolute atomic E-state index is 0.371. The topological polar surface area (TPSA) is 12.0 Å². The Bertz CT molecular complexity index is 556. The third-order valence-electron chi connectivity index (χ3n) is 3.70. The van der Waals surface area contributed by atoms with Gasteiger partial charge in [-0.15, -0.1) is 11.3 Å². The fourth-order valence-corrected chi connectivity index (χ4v) is 3.73. The summed E-state index contributed by atoms with van der Waals surface area (Å²) < 4.78 is 0. The molecule has 0 bridgehead atoms. The Kier molecular flexibility index (Phi) is 4.43. The number of aryl methyl sites for hydroxylation is 3. The molecule has 1 aromatic carbocycles. The summed E-state index contributed by atoms with van der Waals surface area (Å²) in [6.45, 7) is 11.1. The molecule has 0 amide bonds. The Morgan fingerprint density at radius 2 is 1.58 bits per heavy atom. The van der Waals surface area contributed by atoms with Crippen LogP contribution in [-0.4, -0.2) is 0 Å². The van der Waals surface area contributed by atoms with Crippen LogP contribution in [0.4, 0.5) is 0 Å². The van der Waals surface area contributed by atoms with Crippen LogP contribution in [0.3, 0.4) is 0 Å². The van der Waals surface area contributed by atoms with Gasteiger partial charge in [-0.3, -0.25) is 0 Å². The lowest BCUT2D eigenvalue weighted by atomic mass is 10.0. The summed E-state index contributed by atoms with van der Waals surface area (Å²) in [4.78, 5) is 2.82. The van der Waals surface area contributed by atoms with Crippen molar-refractivity contribution >= 4 is 11.3 Å². The smallest absolute Gasteiger partial charge is 0.0308 e. The van der Waals surface area contributed by atoms with Crippen molar-refractivity contribution in [2.75, 3.05) is 0 Å². The second-order valence-electron chi connectivity index (χ2n) is 5.34. The average molecular weight is 273 g/mol. The van der Waals surface area contributed by atoms with Gasteiger partial charge in [0.05, 0.1) is 0 Å². The fraction of sp³-hybridized carbons (Fsp3) is 0.412. The van der Waals surface area contributed by atoms with Gasteiger partial charge in [0.15, 0.2) is 0 Å². The molecule has 2 atom stereocenters. The van der Waals surface area contributed by atoms with Gasteiger partial charge in [-0.2, -0.15) is 0 Å². The number of benzene rings is 1. The van der Waals surface area contributed by atoms with Crippen molar-refractivity contribution in [1.82, 2.24) is 5.32 Å². The van der Waals surface area contributed by atoms with E-state index in [9.17, 15) is 0 Å². The van der Waals surface area contributed by atoms with Gasteiger partial charge in [-0.05, 0) is 57.4 Å². The van der Waals surface area contributed by atoms with Gasteiger partial charge in [0.1, 0.15) is 0 Å². The SMILES string of the molecule is Cc1cc(C(C)N[C@@H](C)c2ccccc2C)c(C)s1. The summed E-state index contributed by atoms with van der Waals surface area (Å²) in [6, 6.07) is 11.7. The summed E-state index contributed by atoms with van der Waals surface area (Å²) in [6.07, 6.45) is 0. The van der Waals surface area contributed by atoms with Crippen molar-refractivity contribution in [3.63, 3.8) is 0 Å². The van der Waals surface area contributed by atoms with Crippen LogP contribution in [-0.2, 0) is 0 Å². The average Bonchev–Trinajstić information content (AvgIpc) is 2.69. The van der Waals surface area contributed by atoms with Crippen LogP contribution < -0.4 is 5.32 Å². The Labute approximate surface area is 120 Å². The van der Waals surface area contributed by atoms with Crippen molar-refractivity contribution in [2.45, 2.75) is 46.7 Å². The van der Waals surface area contributed by atoms with Gasteiger partial charge in [0.2, 0.25) is 0 Å². The van der Waals surface area contributed by atoms with Crippen molar-refractivity contribution in [3.8, 4) is 0 Å². The molecule has 0 fully saturated rings. The van der Waals surface area contributed by atoms with E-state index < -0.39 is 0 Å². The highest BCUT2D eigenvalue weighted by atomic mass is 32.1. The highest BCUT2D eigenvalue weighted by Crippen LogP contribution is 2.28. The number of thiophene rings is 1. The second kappa shape index (κ2) is 5.89. The van der Waals surface area contributed by atoms with E-state index in [1.54, 1.807) is 0 Å². The van der Waals surface area contributed by atoms with Crippen LogP contribution in [0.5, 0.6) is 0 Å². The molecule has 0 radical (unpaired) electrons. The monoisotopic (exact) mass is 273 g/mol. The Morgan fingerprint density at radius 1 is 0.947 bits per heavy atom. The van der Waals surface area contributed by atoms with Crippen molar-refractivity contribution in [3.05, 3.63) is 56.8 Å². The molecule has 1 heterocycles. The summed E-state index contributed by atoms with van der Waals surface area (Å²) in [7, 11) is 0. The highest BCUT2D eigenvalue weighted by molar-refractivity contribution is 7.12. The number of hydrogen-bond donors (Lipinski definition) is 1. The maximum atomic E-state index is 3.71. The second-order valence-corrected chi connectivity index (χ2v) is 6.80. The maximum absolute atomic E-state index is 3.71. The quantitative estimate of drug-likeness (QED) is 0.818. The summed E-state index contributed by atoms with van der Waals surface area (Å²) in [5.74, 6) is 0. The first-order chi connectivity index (χ1) is 8.99. The molecular weight excluding hydrogens is 250 g/mol. The van der Waals surface area contributed by atoms with Gasteiger partial charge in [0, 0.05) is 21.8 Å². The Balaban J connectivity index is 2.13. The first-order valence-electron chi connectivity index (χ1n) is 6.87. The molecular formula is C17H23NS. The van der Waals surface area contributed by atoms with Crippen LogP contribution in [0.25, 0.3) is 0 Å². The molecule has 1 unspecified atom stereocenters. The normalized spacial score (nSPS) is 14.4. The van der Waals surface area contributed by atoms with E-state index in [1.807, 2.05) is 11.3 Å². The van der Waals surface area contributed by atoms with Crippen LogP contribution in [0.15, 0.2) is 30.3 Å².